The lowest BCUT2D eigenvalue weighted by molar-refractivity contribution is 0.0566. The van der Waals surface area contributed by atoms with E-state index in [0.29, 0.717) is 27.4 Å². The van der Waals surface area contributed by atoms with Crippen molar-refractivity contribution in [1.29, 1.82) is 0 Å². The minimum absolute atomic E-state index is 0.385. The Labute approximate surface area is 102 Å². The molecule has 2 rings (SSSR count). The van der Waals surface area contributed by atoms with E-state index in [1.54, 1.807) is 18.2 Å². The average Bonchev–Trinajstić information content (AvgIpc) is 2.78. The molecule has 6 heteroatoms. The van der Waals surface area contributed by atoms with Crippen LogP contribution in [-0.4, -0.2) is 9.78 Å². The fourth-order valence-electron chi connectivity index (χ4n) is 1.50. The van der Waals surface area contributed by atoms with E-state index >= 15 is 0 Å². The van der Waals surface area contributed by atoms with E-state index in [-0.39, 0.29) is 0 Å². The maximum atomic E-state index is 12.4. The van der Waals surface area contributed by atoms with Gasteiger partial charge in [0.05, 0.1) is 6.20 Å². The number of benzene rings is 1. The van der Waals surface area contributed by atoms with Crippen LogP contribution in [0, 0.1) is 0 Å². The molecule has 1 aromatic carbocycles. The summed E-state index contributed by atoms with van der Waals surface area (Å²) in [5.41, 5.74) is 7.58. The second-order valence-corrected chi connectivity index (χ2v) is 3.91. The minimum Gasteiger partial charge on any atom is -0.326 e. The summed E-state index contributed by atoms with van der Waals surface area (Å²) < 4.78 is 25.3. The number of nitrogens with two attached hydrogens (primary N) is 1. The number of hydrogen-bond donors (Lipinski definition) is 1. The summed E-state index contributed by atoms with van der Waals surface area (Å²) >= 11 is 6.05. The summed E-state index contributed by atoms with van der Waals surface area (Å²) in [6, 6.07) is 5.27. The van der Waals surface area contributed by atoms with Crippen molar-refractivity contribution in [3.05, 3.63) is 41.2 Å². The van der Waals surface area contributed by atoms with Gasteiger partial charge in [0.1, 0.15) is 0 Å². The highest BCUT2D eigenvalue weighted by molar-refractivity contribution is 6.33. The summed E-state index contributed by atoms with van der Waals surface area (Å²) in [4.78, 5) is 0. The first-order valence-electron chi connectivity index (χ1n) is 4.93. The van der Waals surface area contributed by atoms with Crippen LogP contribution in [0.25, 0.3) is 11.1 Å². The zero-order valence-electron chi connectivity index (χ0n) is 8.78. The molecule has 0 bridgehead atoms. The van der Waals surface area contributed by atoms with Gasteiger partial charge in [-0.15, -0.1) is 0 Å². The molecule has 17 heavy (non-hydrogen) atoms. The van der Waals surface area contributed by atoms with Gasteiger partial charge in [0, 0.05) is 28.9 Å². The van der Waals surface area contributed by atoms with Gasteiger partial charge in [0.15, 0.2) is 0 Å². The third-order valence-corrected chi connectivity index (χ3v) is 2.69. The molecule has 1 aromatic heterocycles. The molecule has 0 aliphatic rings. The largest absolute Gasteiger partial charge is 0.333 e. The van der Waals surface area contributed by atoms with Crippen molar-refractivity contribution < 1.29 is 8.78 Å². The van der Waals surface area contributed by atoms with Gasteiger partial charge in [-0.2, -0.15) is 13.9 Å². The second kappa shape index (κ2) is 4.81. The molecular formula is C11H10ClF2N3. The molecule has 0 unspecified atom stereocenters. The first-order chi connectivity index (χ1) is 8.11. The highest BCUT2D eigenvalue weighted by Crippen LogP contribution is 2.29. The molecule has 0 saturated carbocycles. The molecule has 0 fully saturated rings. The molecule has 90 valence electrons. The van der Waals surface area contributed by atoms with Gasteiger partial charge in [0.25, 0.3) is 0 Å². The molecule has 3 nitrogen and oxygen atoms in total. The monoisotopic (exact) mass is 257 g/mol. The number of hydrogen-bond acceptors (Lipinski definition) is 2. The third kappa shape index (κ3) is 2.45. The van der Waals surface area contributed by atoms with Crippen molar-refractivity contribution >= 4 is 11.6 Å². The minimum atomic E-state index is -2.65. The van der Waals surface area contributed by atoms with Gasteiger partial charge in [-0.05, 0) is 11.6 Å². The summed E-state index contributed by atoms with van der Waals surface area (Å²) in [5, 5.41) is 4.03. The molecule has 0 saturated heterocycles. The maximum Gasteiger partial charge on any atom is 0.333 e. The lowest BCUT2D eigenvalue weighted by atomic mass is 10.1. The van der Waals surface area contributed by atoms with Crippen LogP contribution in [0.15, 0.2) is 30.6 Å². The first kappa shape index (κ1) is 12.0. The van der Waals surface area contributed by atoms with Crippen molar-refractivity contribution in [2.24, 2.45) is 5.73 Å². The number of rotatable bonds is 3. The smallest absolute Gasteiger partial charge is 0.326 e. The van der Waals surface area contributed by atoms with Crippen LogP contribution in [-0.2, 0) is 6.54 Å². The van der Waals surface area contributed by atoms with Crippen LogP contribution in [0.3, 0.4) is 0 Å². The van der Waals surface area contributed by atoms with Crippen LogP contribution in [0.5, 0.6) is 0 Å². The Morgan fingerprint density at radius 2 is 2.18 bits per heavy atom. The molecule has 0 aliphatic carbocycles. The Hall–Kier alpha value is -1.46. The van der Waals surface area contributed by atoms with E-state index in [0.717, 1.165) is 5.56 Å². The summed E-state index contributed by atoms with van der Waals surface area (Å²) in [5.74, 6) is 0. The van der Waals surface area contributed by atoms with Crippen molar-refractivity contribution in [1.82, 2.24) is 9.78 Å². The third-order valence-electron chi connectivity index (χ3n) is 2.38. The first-order valence-corrected chi connectivity index (χ1v) is 5.31. The summed E-state index contributed by atoms with van der Waals surface area (Å²) in [7, 11) is 0. The van der Waals surface area contributed by atoms with Crippen LogP contribution in [0.1, 0.15) is 12.1 Å². The van der Waals surface area contributed by atoms with Crippen LogP contribution >= 0.6 is 11.6 Å². The van der Waals surface area contributed by atoms with E-state index in [1.807, 2.05) is 0 Å². The topological polar surface area (TPSA) is 43.8 Å². The Morgan fingerprint density at radius 3 is 2.71 bits per heavy atom. The highest BCUT2D eigenvalue weighted by Gasteiger charge is 2.11. The van der Waals surface area contributed by atoms with Gasteiger partial charge in [-0.3, -0.25) is 0 Å². The quantitative estimate of drug-likeness (QED) is 0.918. The number of alkyl halides is 2. The number of aromatic nitrogens is 2. The van der Waals surface area contributed by atoms with Gasteiger partial charge >= 0.3 is 6.55 Å². The zero-order chi connectivity index (χ0) is 12.4. The highest BCUT2D eigenvalue weighted by atomic mass is 35.5. The van der Waals surface area contributed by atoms with E-state index in [9.17, 15) is 8.78 Å². The molecule has 0 aliphatic heterocycles. The van der Waals surface area contributed by atoms with Gasteiger partial charge in [-0.1, -0.05) is 23.7 Å². The second-order valence-electron chi connectivity index (χ2n) is 3.51. The molecule has 1 heterocycles. The Morgan fingerprint density at radius 1 is 1.41 bits per heavy atom. The van der Waals surface area contributed by atoms with Crippen LogP contribution in [0.4, 0.5) is 8.78 Å². The molecular weight excluding hydrogens is 248 g/mol. The van der Waals surface area contributed by atoms with Crippen molar-refractivity contribution in [3.63, 3.8) is 0 Å². The van der Waals surface area contributed by atoms with Crippen molar-refractivity contribution in [3.8, 4) is 11.1 Å². The average molecular weight is 258 g/mol. The molecule has 0 amide bonds. The lowest BCUT2D eigenvalue weighted by Gasteiger charge is -2.03. The Bertz CT molecular complexity index is 525. The lowest BCUT2D eigenvalue weighted by Crippen LogP contribution is -1.97. The summed E-state index contributed by atoms with van der Waals surface area (Å²) in [6.45, 7) is -2.26. The number of halogens is 3. The van der Waals surface area contributed by atoms with E-state index in [4.69, 9.17) is 17.3 Å². The number of nitrogens with zero attached hydrogens (tertiary/aromatic N) is 2. The van der Waals surface area contributed by atoms with Gasteiger partial charge in [-0.25, -0.2) is 4.68 Å². The van der Waals surface area contributed by atoms with Crippen LogP contribution in [0.2, 0.25) is 5.02 Å². The predicted molar refractivity (Wildman–Crippen MR) is 61.8 cm³/mol. The molecule has 0 spiro atoms. The Kier molecular flexibility index (Phi) is 3.40. The van der Waals surface area contributed by atoms with Crippen LogP contribution < -0.4 is 5.73 Å². The van der Waals surface area contributed by atoms with Gasteiger partial charge < -0.3 is 5.73 Å². The van der Waals surface area contributed by atoms with Crippen molar-refractivity contribution in [2.75, 3.05) is 0 Å². The van der Waals surface area contributed by atoms with Crippen molar-refractivity contribution in [2.45, 2.75) is 13.1 Å². The normalized spacial score (nSPS) is 11.1. The Balaban J connectivity index is 2.38. The van der Waals surface area contributed by atoms with E-state index in [1.165, 1.54) is 12.4 Å². The van der Waals surface area contributed by atoms with E-state index < -0.39 is 6.55 Å². The van der Waals surface area contributed by atoms with E-state index in [2.05, 4.69) is 5.10 Å². The molecule has 0 atom stereocenters. The molecule has 0 radical (unpaired) electrons. The standard InChI is InChI=1S/C11H10ClF2N3/c12-10-3-7(4-15)1-2-9(10)8-5-16-17(6-8)11(13)14/h1-3,5-6,11H,4,15H2. The fourth-order valence-corrected chi connectivity index (χ4v) is 1.82. The predicted octanol–water partition coefficient (Wildman–Crippen LogP) is 3.06. The molecule has 2 N–H and O–H groups in total. The molecule has 2 aromatic rings. The zero-order valence-corrected chi connectivity index (χ0v) is 9.53. The van der Waals surface area contributed by atoms with Gasteiger partial charge in [0.2, 0.25) is 0 Å². The maximum absolute atomic E-state index is 12.4. The SMILES string of the molecule is NCc1ccc(-c2cnn(C(F)F)c2)c(Cl)c1. The summed E-state index contributed by atoms with van der Waals surface area (Å²) in [6.07, 6.45) is 2.61. The fraction of sp³-hybridized carbons (Fsp3) is 0.182.